The molecule has 1 aromatic carbocycles. The van der Waals surface area contributed by atoms with Crippen LogP contribution in [0, 0.1) is 5.82 Å². The number of rotatable bonds is 7. The molecule has 0 saturated carbocycles. The van der Waals surface area contributed by atoms with Crippen molar-refractivity contribution in [1.82, 2.24) is 9.62 Å². The summed E-state index contributed by atoms with van der Waals surface area (Å²) in [6.07, 6.45) is 4.36. The average Bonchev–Trinajstić information content (AvgIpc) is 2.92. The Bertz CT molecular complexity index is 510. The molecule has 1 N–H and O–H groups in total. The molecule has 6 heteroatoms. The summed E-state index contributed by atoms with van der Waals surface area (Å²) in [5.41, 5.74) is 0. The first-order valence-corrected chi connectivity index (χ1v) is 8.54. The maximum atomic E-state index is 12.8. The predicted molar refractivity (Wildman–Crippen MR) is 76.5 cm³/mol. The van der Waals surface area contributed by atoms with Crippen molar-refractivity contribution < 1.29 is 12.8 Å². The van der Waals surface area contributed by atoms with Crippen LogP contribution in [-0.4, -0.2) is 39.5 Å². The van der Waals surface area contributed by atoms with E-state index in [9.17, 15) is 12.8 Å². The van der Waals surface area contributed by atoms with E-state index in [0.29, 0.717) is 6.54 Å². The monoisotopic (exact) mass is 300 g/mol. The standard InChI is InChI=1S/C14H21FN2O2S/c15-13-5-7-14(8-6-13)20(18,19)16-9-1-2-10-17-11-3-4-12-17/h5-8,16H,1-4,9-12H2. The van der Waals surface area contributed by atoms with Crippen LogP contribution in [0.4, 0.5) is 4.39 Å². The maximum absolute atomic E-state index is 12.8. The van der Waals surface area contributed by atoms with Gasteiger partial charge in [-0.3, -0.25) is 0 Å². The van der Waals surface area contributed by atoms with E-state index in [0.717, 1.165) is 31.5 Å². The molecule has 2 rings (SSSR count). The van der Waals surface area contributed by atoms with Gasteiger partial charge < -0.3 is 4.90 Å². The summed E-state index contributed by atoms with van der Waals surface area (Å²) in [4.78, 5) is 2.52. The lowest BCUT2D eigenvalue weighted by atomic mass is 10.3. The fourth-order valence-electron chi connectivity index (χ4n) is 2.37. The number of benzene rings is 1. The average molecular weight is 300 g/mol. The lowest BCUT2D eigenvalue weighted by Gasteiger charge is -2.14. The zero-order chi connectivity index (χ0) is 14.4. The third-order valence-electron chi connectivity index (χ3n) is 3.52. The third kappa shape index (κ3) is 4.54. The fraction of sp³-hybridized carbons (Fsp3) is 0.571. The molecule has 1 aromatic rings. The zero-order valence-electron chi connectivity index (χ0n) is 11.5. The Morgan fingerprint density at radius 1 is 1.10 bits per heavy atom. The topological polar surface area (TPSA) is 49.4 Å². The van der Waals surface area contributed by atoms with Crippen LogP contribution in [0.25, 0.3) is 0 Å². The Balaban J connectivity index is 1.71. The van der Waals surface area contributed by atoms with Gasteiger partial charge in [0.2, 0.25) is 10.0 Å². The van der Waals surface area contributed by atoms with Crippen molar-refractivity contribution in [2.45, 2.75) is 30.6 Å². The molecule has 1 heterocycles. The number of sulfonamides is 1. The van der Waals surface area contributed by atoms with E-state index in [-0.39, 0.29) is 4.90 Å². The Morgan fingerprint density at radius 2 is 1.75 bits per heavy atom. The van der Waals surface area contributed by atoms with Crippen LogP contribution in [0.3, 0.4) is 0 Å². The first-order chi connectivity index (χ1) is 9.58. The van der Waals surface area contributed by atoms with Gasteiger partial charge in [0.15, 0.2) is 0 Å². The van der Waals surface area contributed by atoms with Crippen LogP contribution in [0.2, 0.25) is 0 Å². The Hall–Kier alpha value is -0.980. The minimum atomic E-state index is -3.51. The smallest absolute Gasteiger partial charge is 0.240 e. The molecule has 0 spiro atoms. The largest absolute Gasteiger partial charge is 0.303 e. The van der Waals surface area contributed by atoms with Crippen molar-refractivity contribution in [3.8, 4) is 0 Å². The highest BCUT2D eigenvalue weighted by atomic mass is 32.2. The number of unbranched alkanes of at least 4 members (excludes halogenated alkanes) is 1. The minimum absolute atomic E-state index is 0.110. The molecule has 1 aliphatic heterocycles. The van der Waals surface area contributed by atoms with Crippen molar-refractivity contribution in [2.24, 2.45) is 0 Å². The van der Waals surface area contributed by atoms with Crippen LogP contribution < -0.4 is 4.72 Å². The molecular formula is C14H21FN2O2S. The number of nitrogens with one attached hydrogen (secondary N) is 1. The van der Waals surface area contributed by atoms with Crippen molar-refractivity contribution in [3.63, 3.8) is 0 Å². The van der Waals surface area contributed by atoms with E-state index in [4.69, 9.17) is 0 Å². The summed E-state index contributed by atoms with van der Waals surface area (Å²) in [5.74, 6) is -0.436. The summed E-state index contributed by atoms with van der Waals surface area (Å²) in [7, 11) is -3.51. The summed E-state index contributed by atoms with van der Waals surface area (Å²) in [6.45, 7) is 3.80. The molecule has 0 aromatic heterocycles. The van der Waals surface area contributed by atoms with Gasteiger partial charge >= 0.3 is 0 Å². The molecule has 0 atom stereocenters. The van der Waals surface area contributed by atoms with Crippen molar-refractivity contribution in [1.29, 1.82) is 0 Å². The van der Waals surface area contributed by atoms with Crippen molar-refractivity contribution in [2.75, 3.05) is 26.2 Å². The molecule has 4 nitrogen and oxygen atoms in total. The van der Waals surface area contributed by atoms with E-state index in [2.05, 4.69) is 9.62 Å². The van der Waals surface area contributed by atoms with Crippen LogP contribution in [0.15, 0.2) is 29.2 Å². The molecule has 1 fully saturated rings. The van der Waals surface area contributed by atoms with Crippen LogP contribution >= 0.6 is 0 Å². The fourth-order valence-corrected chi connectivity index (χ4v) is 3.44. The number of likely N-dealkylation sites (tertiary alicyclic amines) is 1. The van der Waals surface area contributed by atoms with Crippen LogP contribution in [0.1, 0.15) is 25.7 Å². The maximum Gasteiger partial charge on any atom is 0.240 e. The number of halogens is 1. The van der Waals surface area contributed by atoms with E-state index in [1.54, 1.807) is 0 Å². The molecule has 0 bridgehead atoms. The molecule has 1 aliphatic rings. The quantitative estimate of drug-likeness (QED) is 0.783. The van der Waals surface area contributed by atoms with Gasteiger partial charge in [-0.05, 0) is 69.6 Å². The van der Waals surface area contributed by atoms with Gasteiger partial charge in [-0.1, -0.05) is 0 Å². The summed E-state index contributed by atoms with van der Waals surface area (Å²) < 4.78 is 39.1. The molecule has 0 radical (unpaired) electrons. The van der Waals surface area contributed by atoms with Crippen LogP contribution in [0.5, 0.6) is 0 Å². The number of hydrogen-bond acceptors (Lipinski definition) is 3. The van der Waals surface area contributed by atoms with Crippen molar-refractivity contribution >= 4 is 10.0 Å². The Kier molecular flexibility index (Phi) is 5.51. The molecule has 0 aliphatic carbocycles. The number of nitrogens with zero attached hydrogens (tertiary/aromatic N) is 1. The highest BCUT2D eigenvalue weighted by molar-refractivity contribution is 7.89. The molecule has 0 unspecified atom stereocenters. The summed E-state index contributed by atoms with van der Waals surface area (Å²) in [5, 5.41) is 0. The van der Waals surface area contributed by atoms with Crippen LogP contribution in [-0.2, 0) is 10.0 Å². The van der Waals surface area contributed by atoms with Gasteiger partial charge in [-0.25, -0.2) is 17.5 Å². The Labute approximate surface area is 120 Å². The Morgan fingerprint density at radius 3 is 2.40 bits per heavy atom. The van der Waals surface area contributed by atoms with Gasteiger partial charge in [0, 0.05) is 6.54 Å². The first-order valence-electron chi connectivity index (χ1n) is 7.05. The van der Waals surface area contributed by atoms with E-state index in [1.807, 2.05) is 0 Å². The summed E-state index contributed by atoms with van der Waals surface area (Å²) >= 11 is 0. The molecule has 1 saturated heterocycles. The normalized spacial score (nSPS) is 16.6. The lowest BCUT2D eigenvalue weighted by molar-refractivity contribution is 0.330. The van der Waals surface area contributed by atoms with E-state index in [1.165, 1.54) is 38.1 Å². The van der Waals surface area contributed by atoms with Gasteiger partial charge in [-0.2, -0.15) is 0 Å². The molecular weight excluding hydrogens is 279 g/mol. The zero-order valence-corrected chi connectivity index (χ0v) is 12.3. The summed E-state index contributed by atoms with van der Waals surface area (Å²) in [6, 6.07) is 4.87. The highest BCUT2D eigenvalue weighted by Crippen LogP contribution is 2.10. The highest BCUT2D eigenvalue weighted by Gasteiger charge is 2.13. The van der Waals surface area contributed by atoms with Gasteiger partial charge in [0.1, 0.15) is 5.82 Å². The second-order valence-electron chi connectivity index (χ2n) is 5.11. The molecule has 112 valence electrons. The minimum Gasteiger partial charge on any atom is -0.303 e. The van der Waals surface area contributed by atoms with Gasteiger partial charge in [-0.15, -0.1) is 0 Å². The molecule has 0 amide bonds. The predicted octanol–water partition coefficient (Wildman–Crippen LogP) is 1.98. The third-order valence-corrected chi connectivity index (χ3v) is 4.99. The molecule has 20 heavy (non-hydrogen) atoms. The second kappa shape index (κ2) is 7.15. The van der Waals surface area contributed by atoms with Gasteiger partial charge in [0.25, 0.3) is 0 Å². The first kappa shape index (κ1) is 15.4. The number of hydrogen-bond donors (Lipinski definition) is 1. The van der Waals surface area contributed by atoms with E-state index < -0.39 is 15.8 Å². The van der Waals surface area contributed by atoms with Gasteiger partial charge in [0.05, 0.1) is 4.90 Å². The van der Waals surface area contributed by atoms with Crippen molar-refractivity contribution in [3.05, 3.63) is 30.1 Å². The lowest BCUT2D eigenvalue weighted by Crippen LogP contribution is -2.26. The SMILES string of the molecule is O=S(=O)(NCCCCN1CCCC1)c1ccc(F)cc1. The van der Waals surface area contributed by atoms with E-state index >= 15 is 0 Å². The second-order valence-corrected chi connectivity index (χ2v) is 6.87.